The van der Waals surface area contributed by atoms with Crippen molar-refractivity contribution in [2.45, 2.75) is 13.8 Å². The fourth-order valence-electron chi connectivity index (χ4n) is 2.04. The summed E-state index contributed by atoms with van der Waals surface area (Å²) in [5, 5.41) is 38.8. The van der Waals surface area contributed by atoms with Crippen LogP contribution in [0.25, 0.3) is 5.76 Å². The summed E-state index contributed by atoms with van der Waals surface area (Å²) in [5.41, 5.74) is -1.13. The first-order valence-corrected chi connectivity index (χ1v) is 7.09. The number of esters is 1. The average molecular weight is 334 g/mol. The van der Waals surface area contributed by atoms with Crippen molar-refractivity contribution in [1.82, 2.24) is 4.90 Å². The Balaban J connectivity index is 3.52. The number of benzene rings is 1. The first kappa shape index (κ1) is 18.8. The van der Waals surface area contributed by atoms with E-state index >= 15 is 0 Å². The molecular formula is C16H18N2O6. The minimum absolute atomic E-state index is 0.178. The van der Waals surface area contributed by atoms with Gasteiger partial charge in [-0.2, -0.15) is 5.26 Å². The second kappa shape index (κ2) is 7.87. The number of nitrogens with zero attached hydrogens (tertiary/aromatic N) is 2. The Morgan fingerprint density at radius 2 is 1.83 bits per heavy atom. The van der Waals surface area contributed by atoms with Crippen LogP contribution in [0.2, 0.25) is 0 Å². The number of amides is 1. The molecule has 8 heteroatoms. The molecule has 1 rings (SSSR count). The van der Waals surface area contributed by atoms with Crippen LogP contribution in [0.3, 0.4) is 0 Å². The molecule has 24 heavy (non-hydrogen) atoms. The zero-order valence-corrected chi connectivity index (χ0v) is 13.5. The lowest BCUT2D eigenvalue weighted by Gasteiger charge is -2.18. The number of aliphatic hydroxyl groups is 1. The van der Waals surface area contributed by atoms with Gasteiger partial charge >= 0.3 is 5.97 Å². The van der Waals surface area contributed by atoms with Gasteiger partial charge < -0.3 is 25.0 Å². The van der Waals surface area contributed by atoms with Gasteiger partial charge in [0.2, 0.25) is 0 Å². The van der Waals surface area contributed by atoms with E-state index in [9.17, 15) is 30.2 Å². The van der Waals surface area contributed by atoms with E-state index in [1.54, 1.807) is 19.9 Å². The van der Waals surface area contributed by atoms with Gasteiger partial charge in [0, 0.05) is 18.7 Å². The van der Waals surface area contributed by atoms with Crippen LogP contribution in [0.15, 0.2) is 17.7 Å². The van der Waals surface area contributed by atoms with Crippen LogP contribution in [0.5, 0.6) is 11.5 Å². The number of rotatable bonds is 5. The van der Waals surface area contributed by atoms with Crippen LogP contribution in [-0.2, 0) is 9.53 Å². The fraction of sp³-hybridized carbons (Fsp3) is 0.312. The van der Waals surface area contributed by atoms with Crippen molar-refractivity contribution in [3.63, 3.8) is 0 Å². The monoisotopic (exact) mass is 334 g/mol. The maximum absolute atomic E-state index is 12.3. The molecule has 0 fully saturated rings. The molecule has 128 valence electrons. The third-order valence-corrected chi connectivity index (χ3v) is 3.38. The molecular weight excluding hydrogens is 316 g/mol. The van der Waals surface area contributed by atoms with E-state index < -0.39 is 40.3 Å². The zero-order valence-electron chi connectivity index (χ0n) is 13.5. The summed E-state index contributed by atoms with van der Waals surface area (Å²) in [6.07, 6.45) is 0. The molecule has 0 aliphatic rings. The third-order valence-electron chi connectivity index (χ3n) is 3.38. The maximum Gasteiger partial charge on any atom is 0.341 e. The molecule has 0 saturated carbocycles. The predicted molar refractivity (Wildman–Crippen MR) is 84.2 cm³/mol. The van der Waals surface area contributed by atoms with Gasteiger partial charge in [0.05, 0.1) is 7.11 Å². The van der Waals surface area contributed by atoms with Crippen molar-refractivity contribution in [2.24, 2.45) is 0 Å². The number of phenols is 2. The average Bonchev–Trinajstić information content (AvgIpc) is 2.58. The van der Waals surface area contributed by atoms with Gasteiger partial charge in [-0.05, 0) is 26.0 Å². The predicted octanol–water partition coefficient (Wildman–Crippen LogP) is 1.55. The van der Waals surface area contributed by atoms with E-state index in [2.05, 4.69) is 4.74 Å². The number of aromatic hydroxyl groups is 2. The first-order chi connectivity index (χ1) is 11.3. The van der Waals surface area contributed by atoms with Crippen LogP contribution in [0.4, 0.5) is 0 Å². The second-order valence-electron chi connectivity index (χ2n) is 4.70. The molecule has 1 amide bonds. The minimum Gasteiger partial charge on any atom is -0.506 e. The SMILES string of the molecule is CCN(CC)C(=O)/C(C#N)=C(\O)c1cc(O)c(O)c(C(=O)OC)c1. The lowest BCUT2D eigenvalue weighted by Crippen LogP contribution is -2.31. The van der Waals surface area contributed by atoms with Crippen molar-refractivity contribution in [3.8, 4) is 17.6 Å². The Bertz CT molecular complexity index is 729. The van der Waals surface area contributed by atoms with E-state index in [1.807, 2.05) is 0 Å². The van der Waals surface area contributed by atoms with Crippen molar-refractivity contribution < 1.29 is 29.6 Å². The summed E-state index contributed by atoms with van der Waals surface area (Å²) in [6.45, 7) is 4.11. The highest BCUT2D eigenvalue weighted by molar-refractivity contribution is 6.04. The number of nitriles is 1. The van der Waals surface area contributed by atoms with Crippen LogP contribution >= 0.6 is 0 Å². The summed E-state index contributed by atoms with van der Waals surface area (Å²) < 4.78 is 4.47. The normalized spacial score (nSPS) is 11.2. The number of carbonyl (C=O) groups is 2. The molecule has 0 aromatic heterocycles. The molecule has 1 aromatic carbocycles. The van der Waals surface area contributed by atoms with Crippen LogP contribution < -0.4 is 0 Å². The summed E-state index contributed by atoms with van der Waals surface area (Å²) in [4.78, 5) is 25.2. The molecule has 0 atom stereocenters. The zero-order chi connectivity index (χ0) is 18.4. The molecule has 8 nitrogen and oxygen atoms in total. The van der Waals surface area contributed by atoms with E-state index in [1.165, 1.54) is 4.90 Å². The lowest BCUT2D eigenvalue weighted by molar-refractivity contribution is -0.126. The molecule has 0 unspecified atom stereocenters. The topological polar surface area (TPSA) is 131 Å². The van der Waals surface area contributed by atoms with Gasteiger partial charge in [0.1, 0.15) is 17.4 Å². The minimum atomic E-state index is -0.953. The van der Waals surface area contributed by atoms with Gasteiger partial charge in [0.25, 0.3) is 5.91 Å². The van der Waals surface area contributed by atoms with E-state index in [-0.39, 0.29) is 5.56 Å². The molecule has 0 aliphatic carbocycles. The van der Waals surface area contributed by atoms with Crippen LogP contribution in [0.1, 0.15) is 29.8 Å². The highest BCUT2D eigenvalue weighted by Gasteiger charge is 2.24. The number of hydrogen-bond acceptors (Lipinski definition) is 7. The summed E-state index contributed by atoms with van der Waals surface area (Å²) >= 11 is 0. The van der Waals surface area contributed by atoms with E-state index in [0.717, 1.165) is 19.2 Å². The summed E-state index contributed by atoms with van der Waals surface area (Å²) in [7, 11) is 1.08. The van der Waals surface area contributed by atoms with E-state index in [0.29, 0.717) is 13.1 Å². The quantitative estimate of drug-likeness (QED) is 0.245. The van der Waals surface area contributed by atoms with Crippen molar-refractivity contribution in [2.75, 3.05) is 20.2 Å². The molecule has 0 spiro atoms. The Morgan fingerprint density at radius 1 is 1.25 bits per heavy atom. The van der Waals surface area contributed by atoms with Gasteiger partial charge in [-0.15, -0.1) is 0 Å². The molecule has 0 aliphatic heterocycles. The Hall–Kier alpha value is -3.21. The van der Waals surface area contributed by atoms with Crippen molar-refractivity contribution in [1.29, 1.82) is 5.26 Å². The number of aliphatic hydroxyl groups excluding tert-OH is 1. The standard InChI is InChI=1S/C16H18N2O6/c1-4-18(5-2)15(22)11(8-17)13(20)9-6-10(16(23)24-3)14(21)12(19)7-9/h6-7,19-21H,4-5H2,1-3H3/b13-11-. The Morgan fingerprint density at radius 3 is 2.29 bits per heavy atom. The van der Waals surface area contributed by atoms with E-state index in [4.69, 9.17) is 0 Å². The lowest BCUT2D eigenvalue weighted by atomic mass is 10.0. The van der Waals surface area contributed by atoms with Gasteiger partial charge in [-0.3, -0.25) is 4.79 Å². The fourth-order valence-corrected chi connectivity index (χ4v) is 2.04. The van der Waals surface area contributed by atoms with Gasteiger partial charge in [-0.1, -0.05) is 0 Å². The number of ether oxygens (including phenoxy) is 1. The Kier molecular flexibility index (Phi) is 6.18. The molecule has 0 heterocycles. The van der Waals surface area contributed by atoms with Gasteiger partial charge in [-0.25, -0.2) is 4.79 Å². The van der Waals surface area contributed by atoms with Crippen molar-refractivity contribution in [3.05, 3.63) is 28.8 Å². The molecule has 0 saturated heterocycles. The first-order valence-electron chi connectivity index (χ1n) is 7.09. The second-order valence-corrected chi connectivity index (χ2v) is 4.70. The maximum atomic E-state index is 12.3. The molecule has 1 aromatic rings. The molecule has 3 N–H and O–H groups in total. The number of carbonyl (C=O) groups excluding carboxylic acids is 2. The summed E-state index contributed by atoms with van der Waals surface area (Å²) in [6, 6.07) is 3.58. The highest BCUT2D eigenvalue weighted by atomic mass is 16.5. The molecule has 0 radical (unpaired) electrons. The Labute approximate surface area is 138 Å². The van der Waals surface area contributed by atoms with Crippen molar-refractivity contribution >= 4 is 17.6 Å². The highest BCUT2D eigenvalue weighted by Crippen LogP contribution is 2.33. The van der Waals surface area contributed by atoms with Crippen LogP contribution in [-0.4, -0.2) is 52.3 Å². The smallest absolute Gasteiger partial charge is 0.341 e. The summed E-state index contributed by atoms with van der Waals surface area (Å²) in [5.74, 6) is -3.79. The largest absolute Gasteiger partial charge is 0.506 e. The van der Waals surface area contributed by atoms with Crippen LogP contribution in [0, 0.1) is 11.3 Å². The third kappa shape index (κ3) is 3.57. The number of methoxy groups -OCH3 is 1. The van der Waals surface area contributed by atoms with Gasteiger partial charge in [0.15, 0.2) is 17.1 Å². The number of likely N-dealkylation sites (N-methyl/N-ethyl adjacent to an activating group) is 1. The number of hydrogen-bond donors (Lipinski definition) is 3. The molecule has 0 bridgehead atoms. The number of phenolic OH excluding ortho intramolecular Hbond substituents is 2.